The monoisotopic (exact) mass is 321 g/mol. The molecule has 9 nitrogen and oxygen atoms in total. The van der Waals surface area contributed by atoms with E-state index in [0.717, 1.165) is 0 Å². The van der Waals surface area contributed by atoms with Crippen LogP contribution in [0, 0.1) is 0 Å². The van der Waals surface area contributed by atoms with Crippen LogP contribution in [0.15, 0.2) is 17.3 Å². The molecule has 1 aromatic rings. The Morgan fingerprint density at radius 1 is 1.33 bits per heavy atom. The quantitative estimate of drug-likeness (QED) is 0.484. The number of hydrogen-bond donors (Lipinski definition) is 4. The summed E-state index contributed by atoms with van der Waals surface area (Å²) in [6.45, 7) is 1.30. The molecule has 4 N–H and O–H groups in total. The first-order chi connectivity index (χ1) is 9.72. The topological polar surface area (TPSA) is 134 Å². The van der Waals surface area contributed by atoms with E-state index in [9.17, 15) is 23.7 Å². The van der Waals surface area contributed by atoms with Gasteiger partial charge in [0.2, 0.25) is 10.0 Å². The lowest BCUT2D eigenvalue weighted by atomic mass is 9.96. The molecule has 3 unspecified atom stereocenters. The number of sulfonamides is 1. The fourth-order valence-electron chi connectivity index (χ4n) is 2.12. The molecular weight excluding hydrogens is 302 g/mol. The van der Waals surface area contributed by atoms with Gasteiger partial charge >= 0.3 is 0 Å². The summed E-state index contributed by atoms with van der Waals surface area (Å²) in [4.78, 5) is -0.0102. The number of hydrogen-bond acceptors (Lipinski definition) is 7. The van der Waals surface area contributed by atoms with Gasteiger partial charge in [0.25, 0.3) is 0 Å². The summed E-state index contributed by atoms with van der Waals surface area (Å²) in [6, 6.07) is 0. The second kappa shape index (κ2) is 5.99. The molecule has 1 fully saturated rings. The highest BCUT2D eigenvalue weighted by molar-refractivity contribution is 7.89. The Balaban J connectivity index is 2.02. The Morgan fingerprint density at radius 3 is 2.57 bits per heavy atom. The minimum absolute atomic E-state index is 0.0102. The Morgan fingerprint density at radius 2 is 2.00 bits per heavy atom. The smallest absolute Gasteiger partial charge is 0.243 e. The number of ether oxygens (including phenoxy) is 1. The lowest BCUT2D eigenvalue weighted by Gasteiger charge is -2.39. The molecule has 0 bridgehead atoms. The lowest BCUT2D eigenvalue weighted by molar-refractivity contribution is -0.214. The standard InChI is InChI=1S/C11H19N3O6S/c1-6-9(15)11(17)10(16)8(20-6)4-13-21(18,19)7-3-12-14(2)5-7/h3,5-6,8-11,13,15-17H,4H2,1-2H3/t6?,8-,9-,10?,11?/m1/s1. The molecule has 1 aliphatic heterocycles. The molecule has 21 heavy (non-hydrogen) atoms. The van der Waals surface area contributed by atoms with Crippen LogP contribution in [0.1, 0.15) is 6.92 Å². The largest absolute Gasteiger partial charge is 0.388 e. The van der Waals surface area contributed by atoms with Crippen molar-refractivity contribution in [3.05, 3.63) is 12.4 Å². The van der Waals surface area contributed by atoms with Gasteiger partial charge in [-0.3, -0.25) is 4.68 Å². The number of aliphatic hydroxyl groups excluding tert-OH is 3. The van der Waals surface area contributed by atoms with Crippen LogP contribution >= 0.6 is 0 Å². The van der Waals surface area contributed by atoms with Gasteiger partial charge in [-0.2, -0.15) is 5.10 Å². The third-order valence-electron chi connectivity index (χ3n) is 3.42. The molecular formula is C11H19N3O6S. The third-order valence-corrected chi connectivity index (χ3v) is 4.80. The van der Waals surface area contributed by atoms with Crippen LogP contribution in [0.3, 0.4) is 0 Å². The first kappa shape index (κ1) is 16.3. The minimum Gasteiger partial charge on any atom is -0.388 e. The molecule has 1 aromatic heterocycles. The number of nitrogens with one attached hydrogen (secondary N) is 1. The van der Waals surface area contributed by atoms with Gasteiger partial charge in [0, 0.05) is 19.8 Å². The predicted molar refractivity (Wildman–Crippen MR) is 70.8 cm³/mol. The molecule has 0 saturated carbocycles. The first-order valence-electron chi connectivity index (χ1n) is 6.40. The van der Waals surface area contributed by atoms with Crippen LogP contribution in [-0.4, -0.2) is 70.6 Å². The lowest BCUT2D eigenvalue weighted by Crippen LogP contribution is -2.59. The van der Waals surface area contributed by atoms with Crippen molar-refractivity contribution in [3.63, 3.8) is 0 Å². The fraction of sp³-hybridized carbons (Fsp3) is 0.727. The molecule has 2 rings (SSSR count). The van der Waals surface area contributed by atoms with E-state index < -0.39 is 40.5 Å². The molecule has 0 aromatic carbocycles. The zero-order valence-corrected chi connectivity index (χ0v) is 12.4. The van der Waals surface area contributed by atoms with Crippen molar-refractivity contribution in [2.45, 2.75) is 42.3 Å². The Hall–Kier alpha value is -1.04. The van der Waals surface area contributed by atoms with Crippen molar-refractivity contribution in [3.8, 4) is 0 Å². The van der Waals surface area contributed by atoms with E-state index in [1.807, 2.05) is 0 Å². The average molecular weight is 321 g/mol. The third kappa shape index (κ3) is 3.42. The molecule has 0 amide bonds. The summed E-state index contributed by atoms with van der Waals surface area (Å²) in [5.41, 5.74) is 0. The van der Waals surface area contributed by atoms with E-state index in [1.54, 1.807) is 7.05 Å². The maximum absolute atomic E-state index is 12.0. The highest BCUT2D eigenvalue weighted by atomic mass is 32.2. The fourth-order valence-corrected chi connectivity index (χ4v) is 3.15. The number of aryl methyl sites for hydroxylation is 1. The van der Waals surface area contributed by atoms with Gasteiger partial charge in [-0.1, -0.05) is 0 Å². The molecule has 2 heterocycles. The van der Waals surface area contributed by atoms with Gasteiger partial charge in [0.15, 0.2) is 0 Å². The summed E-state index contributed by atoms with van der Waals surface area (Å²) in [5, 5.41) is 32.8. The van der Waals surface area contributed by atoms with Crippen LogP contribution in [-0.2, 0) is 21.8 Å². The zero-order chi connectivity index (χ0) is 15.8. The molecule has 0 aliphatic carbocycles. The van der Waals surface area contributed by atoms with Crippen LogP contribution in [0.25, 0.3) is 0 Å². The van der Waals surface area contributed by atoms with Crippen molar-refractivity contribution in [1.82, 2.24) is 14.5 Å². The Labute approximate surface area is 122 Å². The molecule has 0 radical (unpaired) electrons. The predicted octanol–water partition coefficient (Wildman–Crippen LogP) is -2.43. The van der Waals surface area contributed by atoms with E-state index >= 15 is 0 Å². The Kier molecular flexibility index (Phi) is 4.66. The second-order valence-electron chi connectivity index (χ2n) is 5.05. The number of aliphatic hydroxyl groups is 3. The van der Waals surface area contributed by atoms with Gasteiger partial charge in [-0.05, 0) is 6.92 Å². The highest BCUT2D eigenvalue weighted by Gasteiger charge is 2.41. The van der Waals surface area contributed by atoms with Crippen molar-refractivity contribution in [1.29, 1.82) is 0 Å². The van der Waals surface area contributed by atoms with Gasteiger partial charge < -0.3 is 20.1 Å². The van der Waals surface area contributed by atoms with Crippen molar-refractivity contribution in [2.75, 3.05) is 6.54 Å². The maximum Gasteiger partial charge on any atom is 0.243 e. The van der Waals surface area contributed by atoms with Crippen molar-refractivity contribution < 1.29 is 28.5 Å². The van der Waals surface area contributed by atoms with Crippen molar-refractivity contribution in [2.24, 2.45) is 7.05 Å². The number of nitrogens with zero attached hydrogens (tertiary/aromatic N) is 2. The highest BCUT2D eigenvalue weighted by Crippen LogP contribution is 2.21. The van der Waals surface area contributed by atoms with E-state index in [1.165, 1.54) is 24.0 Å². The van der Waals surface area contributed by atoms with E-state index in [2.05, 4.69) is 9.82 Å². The zero-order valence-electron chi connectivity index (χ0n) is 11.6. The molecule has 10 heteroatoms. The Bertz CT molecular complexity index is 589. The minimum atomic E-state index is -3.78. The molecule has 1 aliphatic rings. The molecule has 5 atom stereocenters. The van der Waals surface area contributed by atoms with Crippen LogP contribution in [0.4, 0.5) is 0 Å². The van der Waals surface area contributed by atoms with Gasteiger partial charge in [-0.15, -0.1) is 0 Å². The summed E-state index contributed by atoms with van der Waals surface area (Å²) >= 11 is 0. The average Bonchev–Trinajstić information content (AvgIpc) is 2.86. The van der Waals surface area contributed by atoms with Gasteiger partial charge in [0.05, 0.1) is 12.3 Å². The molecule has 120 valence electrons. The summed E-state index contributed by atoms with van der Waals surface area (Å²) in [5.74, 6) is 0. The van der Waals surface area contributed by atoms with Crippen LogP contribution in [0.2, 0.25) is 0 Å². The second-order valence-corrected chi connectivity index (χ2v) is 6.82. The summed E-state index contributed by atoms with van der Waals surface area (Å²) in [6.07, 6.45) is -3.12. The van der Waals surface area contributed by atoms with E-state index in [4.69, 9.17) is 4.74 Å². The van der Waals surface area contributed by atoms with Crippen LogP contribution < -0.4 is 4.72 Å². The number of rotatable bonds is 4. The van der Waals surface area contributed by atoms with Crippen LogP contribution in [0.5, 0.6) is 0 Å². The van der Waals surface area contributed by atoms with Gasteiger partial charge in [0.1, 0.15) is 29.3 Å². The maximum atomic E-state index is 12.0. The first-order valence-corrected chi connectivity index (χ1v) is 7.88. The summed E-state index contributed by atoms with van der Waals surface area (Å²) in [7, 11) is -2.19. The molecule has 1 saturated heterocycles. The number of aromatic nitrogens is 2. The molecule has 0 spiro atoms. The normalized spacial score (nSPS) is 34.0. The van der Waals surface area contributed by atoms with E-state index in [-0.39, 0.29) is 11.4 Å². The van der Waals surface area contributed by atoms with Crippen molar-refractivity contribution >= 4 is 10.0 Å². The van der Waals surface area contributed by atoms with Gasteiger partial charge in [-0.25, -0.2) is 13.1 Å². The summed E-state index contributed by atoms with van der Waals surface area (Å²) < 4.78 is 33.0. The SMILES string of the molecule is CC1O[C@H](CNS(=O)(=O)c2cnn(C)c2)C(O)C(O)[C@@H]1O. The van der Waals surface area contributed by atoms with E-state index in [0.29, 0.717) is 0 Å².